The van der Waals surface area contributed by atoms with Crippen molar-refractivity contribution in [1.29, 1.82) is 0 Å². The molecule has 3 heteroatoms. The number of rotatable bonds is 14. The molecular formula is C23H39ClN2. The first-order valence-electron chi connectivity index (χ1n) is 10.8. The molecule has 1 aromatic carbocycles. The van der Waals surface area contributed by atoms with Gasteiger partial charge < -0.3 is 4.98 Å². The molecule has 0 saturated heterocycles. The average Bonchev–Trinajstić information content (AvgIpc) is 3.15. The van der Waals surface area contributed by atoms with E-state index in [2.05, 4.69) is 16.9 Å². The zero-order valence-corrected chi connectivity index (χ0v) is 17.6. The van der Waals surface area contributed by atoms with E-state index < -0.39 is 0 Å². The highest BCUT2D eigenvalue weighted by molar-refractivity contribution is 6.17. The molecule has 2 aromatic rings. The quantitative estimate of drug-likeness (QED) is 0.260. The normalized spacial score (nSPS) is 10.7. The van der Waals surface area contributed by atoms with E-state index in [9.17, 15) is 0 Å². The Kier molecular flexibility index (Phi) is 15.4. The van der Waals surface area contributed by atoms with Gasteiger partial charge in [-0.05, 0) is 18.6 Å². The van der Waals surface area contributed by atoms with Gasteiger partial charge >= 0.3 is 0 Å². The zero-order valence-electron chi connectivity index (χ0n) is 16.8. The second-order valence-electron chi connectivity index (χ2n) is 7.20. The number of nitrogens with one attached hydrogen (secondary N) is 1. The summed E-state index contributed by atoms with van der Waals surface area (Å²) in [6.07, 6.45) is 21.5. The van der Waals surface area contributed by atoms with E-state index in [4.69, 9.17) is 11.6 Å². The van der Waals surface area contributed by atoms with Crippen LogP contribution in [-0.2, 0) is 0 Å². The lowest BCUT2D eigenvalue weighted by Crippen LogP contribution is -1.83. The van der Waals surface area contributed by atoms with Crippen LogP contribution in [0.1, 0.15) is 96.8 Å². The van der Waals surface area contributed by atoms with Crippen molar-refractivity contribution in [3.05, 3.63) is 30.6 Å². The van der Waals surface area contributed by atoms with Gasteiger partial charge in [0.1, 0.15) is 0 Å². The van der Waals surface area contributed by atoms with Crippen LogP contribution < -0.4 is 0 Å². The number of halogens is 1. The molecule has 1 aromatic heterocycles. The summed E-state index contributed by atoms with van der Waals surface area (Å²) in [7, 11) is 0. The van der Waals surface area contributed by atoms with E-state index in [1.165, 1.54) is 89.9 Å². The van der Waals surface area contributed by atoms with E-state index in [1.807, 2.05) is 24.3 Å². The Morgan fingerprint density at radius 3 is 1.73 bits per heavy atom. The zero-order chi connectivity index (χ0) is 18.7. The number of hydrogen-bond donors (Lipinski definition) is 1. The largest absolute Gasteiger partial charge is 0.345 e. The van der Waals surface area contributed by atoms with Crippen LogP contribution in [0.5, 0.6) is 0 Å². The molecule has 2 rings (SSSR count). The minimum atomic E-state index is 0.845. The minimum absolute atomic E-state index is 0.845. The molecule has 0 saturated carbocycles. The number of aromatic amines is 1. The van der Waals surface area contributed by atoms with Crippen molar-refractivity contribution in [2.24, 2.45) is 0 Å². The molecule has 0 radical (unpaired) electrons. The van der Waals surface area contributed by atoms with Gasteiger partial charge in [0.15, 0.2) is 0 Å². The molecule has 0 atom stereocenters. The van der Waals surface area contributed by atoms with E-state index in [0.717, 1.165) is 16.9 Å². The summed E-state index contributed by atoms with van der Waals surface area (Å²) in [5, 5.41) is 0. The summed E-state index contributed by atoms with van der Waals surface area (Å²) in [5.41, 5.74) is 2.12. The molecule has 0 unspecified atom stereocenters. The Labute approximate surface area is 166 Å². The number of benzene rings is 1. The standard InChI is InChI=1S/C16H33Cl.C7H6N2/c1-2-3-4-5-6-7-8-9-10-11-12-13-14-15-16-17;1-2-4-7-6(3-1)8-5-9-7/h2-16H2,1H3;1-5H,(H,8,9). The predicted octanol–water partition coefficient (Wildman–Crippen LogP) is 8.27. The topological polar surface area (TPSA) is 28.7 Å². The maximum atomic E-state index is 5.64. The van der Waals surface area contributed by atoms with Gasteiger partial charge in [-0.1, -0.05) is 103 Å². The van der Waals surface area contributed by atoms with Gasteiger partial charge in [0.2, 0.25) is 0 Å². The highest BCUT2D eigenvalue weighted by atomic mass is 35.5. The van der Waals surface area contributed by atoms with Gasteiger partial charge in [0, 0.05) is 5.88 Å². The third kappa shape index (κ3) is 12.4. The third-order valence-corrected chi connectivity index (χ3v) is 5.08. The molecule has 0 amide bonds. The molecule has 26 heavy (non-hydrogen) atoms. The summed E-state index contributed by atoms with van der Waals surface area (Å²) in [6.45, 7) is 2.28. The van der Waals surface area contributed by atoms with Gasteiger partial charge in [0.25, 0.3) is 0 Å². The Morgan fingerprint density at radius 1 is 0.731 bits per heavy atom. The first kappa shape index (κ1) is 23.0. The second kappa shape index (κ2) is 17.4. The van der Waals surface area contributed by atoms with E-state index in [1.54, 1.807) is 6.33 Å². The maximum Gasteiger partial charge on any atom is 0.0931 e. The molecule has 0 spiro atoms. The number of fused-ring (bicyclic) bond motifs is 1. The van der Waals surface area contributed by atoms with Crippen molar-refractivity contribution in [2.45, 2.75) is 96.8 Å². The van der Waals surface area contributed by atoms with Gasteiger partial charge in [-0.25, -0.2) is 4.98 Å². The van der Waals surface area contributed by atoms with Gasteiger partial charge in [-0.3, -0.25) is 0 Å². The number of imidazole rings is 1. The Morgan fingerprint density at radius 2 is 1.23 bits per heavy atom. The SMILES string of the molecule is CCCCCCCCCCCCCCCCCl.c1ccc2[nH]cnc2c1. The number of H-pyrrole nitrogens is 1. The molecular weight excluding hydrogens is 340 g/mol. The van der Waals surface area contributed by atoms with E-state index >= 15 is 0 Å². The fourth-order valence-corrected chi connectivity index (χ4v) is 3.36. The van der Waals surface area contributed by atoms with Gasteiger partial charge in [-0.15, -0.1) is 11.6 Å². The van der Waals surface area contributed by atoms with Crippen molar-refractivity contribution in [3.63, 3.8) is 0 Å². The second-order valence-corrected chi connectivity index (χ2v) is 7.58. The molecule has 1 N–H and O–H groups in total. The summed E-state index contributed by atoms with van der Waals surface area (Å²) in [4.78, 5) is 7.07. The van der Waals surface area contributed by atoms with Crippen molar-refractivity contribution < 1.29 is 0 Å². The summed E-state index contributed by atoms with van der Waals surface area (Å²) < 4.78 is 0. The van der Waals surface area contributed by atoms with Crippen LogP contribution in [0.15, 0.2) is 30.6 Å². The highest BCUT2D eigenvalue weighted by Crippen LogP contribution is 2.13. The van der Waals surface area contributed by atoms with Crippen molar-refractivity contribution in [2.75, 3.05) is 5.88 Å². The molecule has 1 heterocycles. The lowest BCUT2D eigenvalue weighted by Gasteiger charge is -2.02. The van der Waals surface area contributed by atoms with Crippen LogP contribution in [0.3, 0.4) is 0 Å². The van der Waals surface area contributed by atoms with Crippen molar-refractivity contribution in [3.8, 4) is 0 Å². The number of para-hydroxylation sites is 2. The Balaban J connectivity index is 0.000000308. The highest BCUT2D eigenvalue weighted by Gasteiger charge is 1.93. The van der Waals surface area contributed by atoms with Gasteiger partial charge in [0.05, 0.1) is 17.4 Å². The monoisotopic (exact) mass is 378 g/mol. The van der Waals surface area contributed by atoms with E-state index in [-0.39, 0.29) is 0 Å². The first-order valence-corrected chi connectivity index (χ1v) is 11.4. The lowest BCUT2D eigenvalue weighted by atomic mass is 10.0. The molecule has 0 aliphatic carbocycles. The number of unbranched alkanes of at least 4 members (excludes halogenated alkanes) is 13. The fourth-order valence-electron chi connectivity index (χ4n) is 3.17. The number of hydrogen-bond acceptors (Lipinski definition) is 1. The lowest BCUT2D eigenvalue weighted by molar-refractivity contribution is 0.538. The Bertz CT molecular complexity index is 479. The van der Waals surface area contributed by atoms with Gasteiger partial charge in [-0.2, -0.15) is 0 Å². The third-order valence-electron chi connectivity index (χ3n) is 4.81. The number of alkyl halides is 1. The average molecular weight is 379 g/mol. The smallest absolute Gasteiger partial charge is 0.0931 e. The summed E-state index contributed by atoms with van der Waals surface area (Å²) in [5.74, 6) is 0.845. The molecule has 0 aliphatic heterocycles. The molecule has 148 valence electrons. The van der Waals surface area contributed by atoms with Crippen molar-refractivity contribution in [1.82, 2.24) is 9.97 Å². The predicted molar refractivity (Wildman–Crippen MR) is 117 cm³/mol. The molecule has 2 nitrogen and oxygen atoms in total. The van der Waals surface area contributed by atoms with Crippen LogP contribution in [0.2, 0.25) is 0 Å². The van der Waals surface area contributed by atoms with Crippen molar-refractivity contribution >= 4 is 22.6 Å². The number of nitrogens with zero attached hydrogens (tertiary/aromatic N) is 1. The van der Waals surface area contributed by atoms with Crippen LogP contribution in [-0.4, -0.2) is 15.8 Å². The molecule has 0 bridgehead atoms. The van der Waals surface area contributed by atoms with Crippen LogP contribution >= 0.6 is 11.6 Å². The summed E-state index contributed by atoms with van der Waals surface area (Å²) >= 11 is 5.64. The molecule has 0 fully saturated rings. The summed E-state index contributed by atoms with van der Waals surface area (Å²) in [6, 6.07) is 7.94. The van der Waals surface area contributed by atoms with E-state index in [0.29, 0.717) is 0 Å². The van der Waals surface area contributed by atoms with Crippen LogP contribution in [0.4, 0.5) is 0 Å². The molecule has 0 aliphatic rings. The maximum absolute atomic E-state index is 5.64. The first-order chi connectivity index (χ1) is 12.9. The minimum Gasteiger partial charge on any atom is -0.345 e. The van der Waals surface area contributed by atoms with Crippen LogP contribution in [0, 0.1) is 0 Å². The number of aromatic nitrogens is 2. The van der Waals surface area contributed by atoms with Crippen LogP contribution in [0.25, 0.3) is 11.0 Å². The Hall–Kier alpha value is -1.02. The fraction of sp³-hybridized carbons (Fsp3) is 0.696.